The number of benzene rings is 3. The van der Waals surface area contributed by atoms with Gasteiger partial charge in [0.1, 0.15) is 31.0 Å². The van der Waals surface area contributed by atoms with E-state index in [1.165, 1.54) is 0 Å². The number of hydrogen-bond donors (Lipinski definition) is 1. The highest BCUT2D eigenvalue weighted by Gasteiger charge is 2.57. The monoisotopic (exact) mass is 1070 g/mol. The molecule has 3 aromatic rings. The van der Waals surface area contributed by atoms with Crippen LogP contribution in [0.25, 0.3) is 21.5 Å². The van der Waals surface area contributed by atoms with Crippen molar-refractivity contribution in [2.45, 2.75) is 245 Å². The zero-order valence-electron chi connectivity index (χ0n) is 45.8. The van der Waals surface area contributed by atoms with E-state index in [0.717, 1.165) is 78.5 Å². The molecule has 0 amide bonds. The van der Waals surface area contributed by atoms with Crippen molar-refractivity contribution in [2.75, 3.05) is 6.61 Å². The van der Waals surface area contributed by atoms with E-state index in [1.807, 2.05) is 24.3 Å². The molecule has 14 nitrogen and oxygen atoms in total. The molecule has 78 heavy (non-hydrogen) atoms. The van der Waals surface area contributed by atoms with E-state index in [1.54, 1.807) is 6.07 Å². The van der Waals surface area contributed by atoms with Crippen LogP contribution < -0.4 is 0 Å². The minimum Gasteiger partial charge on any atom is -0.459 e. The Morgan fingerprint density at radius 1 is 0.641 bits per heavy atom. The molecule has 0 aliphatic carbocycles. The van der Waals surface area contributed by atoms with Gasteiger partial charge in [0.05, 0.1) is 109 Å². The summed E-state index contributed by atoms with van der Waals surface area (Å²) in [4.78, 5) is 25.6. The third-order valence-electron chi connectivity index (χ3n) is 19.4. The Morgan fingerprint density at radius 2 is 1.36 bits per heavy atom. The highest BCUT2D eigenvalue weighted by molar-refractivity contribution is 6.01. The molecule has 10 aliphatic rings. The molecule has 13 rings (SSSR count). The number of hydrogen-bond acceptors (Lipinski definition) is 14. The van der Waals surface area contributed by atoms with Crippen molar-refractivity contribution >= 4 is 33.5 Å². The topological polar surface area (TPSA) is 156 Å². The van der Waals surface area contributed by atoms with E-state index in [9.17, 15) is 14.7 Å². The predicted molar refractivity (Wildman–Crippen MR) is 290 cm³/mol. The Morgan fingerprint density at radius 3 is 2.21 bits per heavy atom. The van der Waals surface area contributed by atoms with Gasteiger partial charge in [-0.25, -0.2) is 4.79 Å². The first-order valence-electron chi connectivity index (χ1n) is 29.6. The molecule has 0 radical (unpaired) electrons. The van der Waals surface area contributed by atoms with Crippen LogP contribution in [0, 0.1) is 11.8 Å². The van der Waals surface area contributed by atoms with Gasteiger partial charge < -0.3 is 57.2 Å². The van der Waals surface area contributed by atoms with Gasteiger partial charge in [0.15, 0.2) is 0 Å². The first-order chi connectivity index (χ1) is 37.7. The molecular weight excluding hydrogens is 993 g/mol. The summed E-state index contributed by atoms with van der Waals surface area (Å²) in [6.07, 6.45) is 14.5. The molecule has 9 unspecified atom stereocenters. The van der Waals surface area contributed by atoms with Crippen molar-refractivity contribution in [3.8, 4) is 0 Å². The van der Waals surface area contributed by atoms with Crippen LogP contribution in [0.5, 0.6) is 0 Å². The van der Waals surface area contributed by atoms with Gasteiger partial charge in [-0.1, -0.05) is 75.1 Å². The van der Waals surface area contributed by atoms with Gasteiger partial charge in [-0.2, -0.15) is 0 Å². The van der Waals surface area contributed by atoms with Gasteiger partial charge in [0.25, 0.3) is 0 Å². The molecule has 3 aromatic carbocycles. The van der Waals surface area contributed by atoms with E-state index in [-0.39, 0.29) is 123 Å². The van der Waals surface area contributed by atoms with Gasteiger partial charge in [0.2, 0.25) is 0 Å². The lowest BCUT2D eigenvalue weighted by Gasteiger charge is -2.55. The third-order valence-corrected chi connectivity index (χ3v) is 19.4. The third kappa shape index (κ3) is 10.7. The number of rotatable bonds is 5. The minimum absolute atomic E-state index is 0.0607. The van der Waals surface area contributed by atoms with Crippen LogP contribution in [-0.4, -0.2) is 145 Å². The number of esters is 2. The second kappa shape index (κ2) is 21.7. The molecule has 10 heterocycles. The summed E-state index contributed by atoms with van der Waals surface area (Å²) < 4.78 is 74.8. The quantitative estimate of drug-likeness (QED) is 0.146. The molecule has 1 N–H and O–H groups in total. The Balaban J connectivity index is 0.625. The van der Waals surface area contributed by atoms with E-state index in [0.29, 0.717) is 50.0 Å². The zero-order chi connectivity index (χ0) is 53.5. The largest absolute Gasteiger partial charge is 0.459 e. The first-order valence-corrected chi connectivity index (χ1v) is 29.6. The van der Waals surface area contributed by atoms with Crippen molar-refractivity contribution in [2.24, 2.45) is 11.8 Å². The van der Waals surface area contributed by atoms with Crippen molar-refractivity contribution in [3.05, 3.63) is 96.6 Å². The molecule has 420 valence electrons. The maximum absolute atomic E-state index is 13.2. The average molecular weight is 1070 g/mol. The standard InChI is InChI=1S/C64H80O14/c1-35-23-50-53(31-59(66)74-50)73-58-30-52-54(78-63(58,4)32-35)24-37(3)60-49(71-52)15-9-8-14-45-46(75-60)16-10-18-48-47(70-45)17-11-19-57-64(5,77-48)33-56-51(72-57)29-55-61(76-56)44(65)28-43(69-55)22-36(2)34-68-62(67)41-21-20-40-25-38-12-6-7-13-39(38)26-42(40)27-41/h6-10,12-13,18,20-21,25-27,35,37,43-58,60-61,65H,2,11,14-17,19,22-24,28-34H2,1,3-5H3/b9-8-,18-10-/t35-,37+,43-,44+,45?,46+,47?,48-,49?,50+,51?,52?,53?,54+,55?,56-,57?,58?,60-,61+,63-,64+/m1/s1. The number of carbonyl (C=O) groups excluding carboxylic acids is 2. The van der Waals surface area contributed by atoms with E-state index < -0.39 is 29.4 Å². The molecule has 0 aromatic heterocycles. The SMILES string of the molecule is C=C(COC(=O)c1ccc2cc3ccccc3cc2c1)C[C@@H]1C[C@H](O)[C@@H]2O[C@@H]3C[C@]4(C)O[C@@H]5/C=C\C[C@@H]6O[C@H]7C(C/C=C\CC6OC5CCCC4OC3CC2O1)OC1CC2OC3CC(=O)O[C@H]3C[C@@H](C)C[C@@]2(C)O[C@H]1C[C@@H]7C. The molecule has 8 saturated heterocycles. The van der Waals surface area contributed by atoms with Crippen molar-refractivity contribution in [3.63, 3.8) is 0 Å². The van der Waals surface area contributed by atoms with Gasteiger partial charge in [-0.15, -0.1) is 0 Å². The van der Waals surface area contributed by atoms with Crippen LogP contribution in [0.4, 0.5) is 0 Å². The smallest absolute Gasteiger partial charge is 0.338 e. The summed E-state index contributed by atoms with van der Waals surface area (Å²) in [7, 11) is 0. The van der Waals surface area contributed by atoms with Crippen LogP contribution in [-0.2, 0) is 56.9 Å². The van der Waals surface area contributed by atoms with E-state index in [4.69, 9.17) is 52.1 Å². The molecule has 0 bridgehead atoms. The lowest BCUT2D eigenvalue weighted by atomic mass is 9.78. The Labute approximate surface area is 458 Å². The summed E-state index contributed by atoms with van der Waals surface area (Å²) in [5.41, 5.74) is 0.0616. The molecule has 8 fully saturated rings. The Kier molecular flexibility index (Phi) is 14.8. The molecule has 0 saturated carbocycles. The minimum atomic E-state index is -0.739. The highest BCUT2D eigenvalue weighted by atomic mass is 16.6. The van der Waals surface area contributed by atoms with Gasteiger partial charge >= 0.3 is 11.9 Å². The summed E-state index contributed by atoms with van der Waals surface area (Å²) in [6.45, 7) is 13.2. The fourth-order valence-corrected chi connectivity index (χ4v) is 15.5. The summed E-state index contributed by atoms with van der Waals surface area (Å²) >= 11 is 0. The summed E-state index contributed by atoms with van der Waals surface area (Å²) in [6, 6.07) is 18.1. The highest BCUT2D eigenvalue weighted by Crippen LogP contribution is 2.49. The molecule has 10 aliphatic heterocycles. The van der Waals surface area contributed by atoms with Gasteiger partial charge in [-0.05, 0) is 141 Å². The fraction of sp³-hybridized carbons (Fsp3) is 0.656. The number of carbonyl (C=O) groups is 2. The predicted octanol–water partition coefficient (Wildman–Crippen LogP) is 9.92. The molecular formula is C64H80O14. The van der Waals surface area contributed by atoms with E-state index in [2.05, 4.69) is 82.8 Å². The summed E-state index contributed by atoms with van der Waals surface area (Å²) in [5, 5.41) is 15.9. The van der Waals surface area contributed by atoms with Crippen LogP contribution >= 0.6 is 0 Å². The lowest BCUT2D eigenvalue weighted by molar-refractivity contribution is -0.316. The number of fused-ring (bicyclic) bond motifs is 11. The maximum Gasteiger partial charge on any atom is 0.338 e. The normalized spacial score (nSPS) is 45.2. The number of aliphatic hydroxyl groups is 1. The average Bonchev–Trinajstić information content (AvgIpc) is 3.91. The number of aliphatic hydroxyl groups excluding tert-OH is 1. The van der Waals surface area contributed by atoms with Crippen LogP contribution in [0.1, 0.15) is 134 Å². The van der Waals surface area contributed by atoms with Gasteiger partial charge in [0, 0.05) is 25.7 Å². The van der Waals surface area contributed by atoms with Crippen LogP contribution in [0.15, 0.2) is 91.1 Å². The molecule has 0 spiro atoms. The van der Waals surface area contributed by atoms with Crippen molar-refractivity contribution < 1.29 is 66.8 Å². The second-order valence-electron chi connectivity index (χ2n) is 25.5. The molecule has 14 heteroatoms. The van der Waals surface area contributed by atoms with Crippen LogP contribution in [0.2, 0.25) is 0 Å². The zero-order valence-corrected chi connectivity index (χ0v) is 45.8. The first kappa shape index (κ1) is 53.3. The fourth-order valence-electron chi connectivity index (χ4n) is 15.5. The number of ether oxygens (including phenoxy) is 11. The van der Waals surface area contributed by atoms with Crippen LogP contribution in [0.3, 0.4) is 0 Å². The van der Waals surface area contributed by atoms with Gasteiger partial charge in [-0.3, -0.25) is 4.79 Å². The maximum atomic E-state index is 13.2. The molecule has 22 atom stereocenters. The lowest BCUT2D eigenvalue weighted by Crippen LogP contribution is -2.65. The Hall–Kier alpha value is -4.06. The summed E-state index contributed by atoms with van der Waals surface area (Å²) in [5.74, 6) is -0.0926. The Bertz CT molecular complexity index is 2780. The van der Waals surface area contributed by atoms with E-state index >= 15 is 0 Å². The van der Waals surface area contributed by atoms with Crippen molar-refractivity contribution in [1.82, 2.24) is 0 Å². The van der Waals surface area contributed by atoms with Crippen molar-refractivity contribution in [1.29, 1.82) is 0 Å². The second-order valence-corrected chi connectivity index (χ2v) is 25.5.